The highest BCUT2D eigenvalue weighted by atomic mass is 32.2. The van der Waals surface area contributed by atoms with Gasteiger partial charge in [0.1, 0.15) is 18.2 Å². The number of hydrogen-bond donors (Lipinski definition) is 1. The monoisotopic (exact) mass is 315 g/mol. The van der Waals surface area contributed by atoms with Gasteiger partial charge in [-0.2, -0.15) is 0 Å². The van der Waals surface area contributed by atoms with Gasteiger partial charge in [-0.3, -0.25) is 5.10 Å². The summed E-state index contributed by atoms with van der Waals surface area (Å²) in [6.07, 6.45) is 0. The lowest BCUT2D eigenvalue weighted by Gasteiger charge is -2.02. The molecule has 1 N–H and O–H groups in total. The average Bonchev–Trinajstić information content (AvgIpc) is 3.01. The zero-order chi connectivity index (χ0) is 15.2. The molecule has 2 aromatic carbocycles. The van der Waals surface area contributed by atoms with Crippen LogP contribution in [0.4, 0.5) is 4.39 Å². The number of aromatic amines is 1. The fourth-order valence-electron chi connectivity index (χ4n) is 1.80. The van der Waals surface area contributed by atoms with Gasteiger partial charge >= 0.3 is 0 Å². The number of ether oxygens (including phenoxy) is 1. The summed E-state index contributed by atoms with van der Waals surface area (Å²) in [6.45, 7) is 0.341. The fraction of sp³-hybridized carbons (Fsp3) is 0.125. The highest BCUT2D eigenvalue weighted by Crippen LogP contribution is 2.19. The van der Waals surface area contributed by atoms with E-state index in [1.807, 2.05) is 30.3 Å². The van der Waals surface area contributed by atoms with Crippen LogP contribution < -0.4 is 4.74 Å². The average molecular weight is 315 g/mol. The molecule has 0 saturated heterocycles. The first-order chi connectivity index (χ1) is 10.8. The third-order valence-electron chi connectivity index (χ3n) is 2.91. The minimum Gasteiger partial charge on any atom is -0.486 e. The quantitative estimate of drug-likeness (QED) is 0.703. The van der Waals surface area contributed by atoms with E-state index in [9.17, 15) is 4.39 Å². The lowest BCUT2D eigenvalue weighted by molar-refractivity contribution is 0.296. The molecule has 0 aliphatic heterocycles. The number of halogens is 1. The molecule has 112 valence electrons. The zero-order valence-corrected chi connectivity index (χ0v) is 12.5. The molecule has 0 aliphatic carbocycles. The molecule has 1 heterocycles. The summed E-state index contributed by atoms with van der Waals surface area (Å²) in [5.41, 5.74) is 1.03. The van der Waals surface area contributed by atoms with Gasteiger partial charge in [0, 0.05) is 5.75 Å². The Hall–Kier alpha value is -2.34. The van der Waals surface area contributed by atoms with Gasteiger partial charge in [-0.25, -0.2) is 9.37 Å². The largest absolute Gasteiger partial charge is 0.486 e. The molecular formula is C16H14FN3OS. The van der Waals surface area contributed by atoms with E-state index >= 15 is 0 Å². The van der Waals surface area contributed by atoms with Gasteiger partial charge in [0.05, 0.1) is 0 Å². The number of nitrogens with zero attached hydrogens (tertiary/aromatic N) is 2. The fourth-order valence-corrected chi connectivity index (χ4v) is 2.58. The summed E-state index contributed by atoms with van der Waals surface area (Å²) in [5, 5.41) is 7.64. The summed E-state index contributed by atoms with van der Waals surface area (Å²) in [4.78, 5) is 4.36. The van der Waals surface area contributed by atoms with Crippen LogP contribution in [0, 0.1) is 5.82 Å². The van der Waals surface area contributed by atoms with Crippen LogP contribution in [0.2, 0.25) is 0 Å². The predicted octanol–water partition coefficient (Wildman–Crippen LogP) is 3.82. The van der Waals surface area contributed by atoms with E-state index < -0.39 is 0 Å². The maximum atomic E-state index is 12.8. The van der Waals surface area contributed by atoms with Crippen LogP contribution >= 0.6 is 11.8 Å². The SMILES string of the molecule is Fc1ccc(CSc2n[nH]c(COc3ccccc3)n2)cc1. The van der Waals surface area contributed by atoms with Crippen LogP contribution in [0.3, 0.4) is 0 Å². The second-order valence-corrected chi connectivity index (χ2v) is 5.52. The topological polar surface area (TPSA) is 50.8 Å². The molecule has 0 bridgehead atoms. The number of rotatable bonds is 6. The summed E-state index contributed by atoms with van der Waals surface area (Å²) in [5.74, 6) is 1.92. The Kier molecular flexibility index (Phi) is 4.70. The van der Waals surface area contributed by atoms with E-state index in [2.05, 4.69) is 15.2 Å². The number of benzene rings is 2. The van der Waals surface area contributed by atoms with Crippen molar-refractivity contribution in [2.24, 2.45) is 0 Å². The van der Waals surface area contributed by atoms with Crippen molar-refractivity contribution in [2.45, 2.75) is 17.5 Å². The van der Waals surface area contributed by atoms with Crippen molar-refractivity contribution in [2.75, 3.05) is 0 Å². The molecule has 0 amide bonds. The molecule has 0 unspecified atom stereocenters. The highest BCUT2D eigenvalue weighted by molar-refractivity contribution is 7.98. The maximum absolute atomic E-state index is 12.8. The second kappa shape index (κ2) is 7.09. The standard InChI is InChI=1S/C16H14FN3OS/c17-13-8-6-12(7-9-13)11-22-16-18-15(19-20-16)10-21-14-4-2-1-3-5-14/h1-9H,10-11H2,(H,18,19,20). The van der Waals surface area contributed by atoms with Crippen molar-refractivity contribution in [3.05, 3.63) is 71.8 Å². The Labute approximate surface area is 131 Å². The number of nitrogens with one attached hydrogen (secondary N) is 1. The Morgan fingerprint density at radius 2 is 1.82 bits per heavy atom. The van der Waals surface area contributed by atoms with E-state index in [0.717, 1.165) is 11.3 Å². The molecule has 0 fully saturated rings. The molecule has 0 spiro atoms. The summed E-state index contributed by atoms with van der Waals surface area (Å²) in [6, 6.07) is 16.0. The summed E-state index contributed by atoms with van der Waals surface area (Å²) >= 11 is 1.49. The van der Waals surface area contributed by atoms with E-state index in [0.29, 0.717) is 23.3 Å². The van der Waals surface area contributed by atoms with Crippen molar-refractivity contribution in [3.63, 3.8) is 0 Å². The van der Waals surface area contributed by atoms with Crippen LogP contribution in [0.25, 0.3) is 0 Å². The minimum absolute atomic E-state index is 0.230. The second-order valence-electron chi connectivity index (χ2n) is 4.58. The van der Waals surface area contributed by atoms with Gasteiger partial charge in [0.15, 0.2) is 5.82 Å². The van der Waals surface area contributed by atoms with Crippen LogP contribution in [-0.4, -0.2) is 15.2 Å². The Morgan fingerprint density at radius 3 is 2.59 bits per heavy atom. The number of hydrogen-bond acceptors (Lipinski definition) is 4. The molecule has 4 nitrogen and oxygen atoms in total. The van der Waals surface area contributed by atoms with Gasteiger partial charge in [-0.1, -0.05) is 42.1 Å². The third-order valence-corrected chi connectivity index (χ3v) is 3.83. The molecule has 0 saturated carbocycles. The number of para-hydroxylation sites is 1. The molecule has 22 heavy (non-hydrogen) atoms. The Balaban J connectivity index is 1.51. The molecular weight excluding hydrogens is 301 g/mol. The van der Waals surface area contributed by atoms with Gasteiger partial charge in [0.25, 0.3) is 0 Å². The van der Waals surface area contributed by atoms with Crippen LogP contribution in [0.1, 0.15) is 11.4 Å². The van der Waals surface area contributed by atoms with Crippen molar-refractivity contribution < 1.29 is 9.13 Å². The molecule has 0 aliphatic rings. The first kappa shape index (κ1) is 14.6. The summed E-state index contributed by atoms with van der Waals surface area (Å²) in [7, 11) is 0. The molecule has 1 aromatic heterocycles. The van der Waals surface area contributed by atoms with E-state index in [1.165, 1.54) is 23.9 Å². The Bertz CT molecular complexity index is 716. The lowest BCUT2D eigenvalue weighted by Crippen LogP contribution is -1.97. The first-order valence-electron chi connectivity index (χ1n) is 6.76. The van der Waals surface area contributed by atoms with Gasteiger partial charge < -0.3 is 4.74 Å². The van der Waals surface area contributed by atoms with Crippen LogP contribution in [0.15, 0.2) is 59.8 Å². The summed E-state index contributed by atoms with van der Waals surface area (Å²) < 4.78 is 18.4. The molecule has 3 aromatic rings. The van der Waals surface area contributed by atoms with Gasteiger partial charge in [0.2, 0.25) is 5.16 Å². The Morgan fingerprint density at radius 1 is 1.05 bits per heavy atom. The number of aromatic nitrogens is 3. The molecule has 6 heteroatoms. The molecule has 0 radical (unpaired) electrons. The van der Waals surface area contributed by atoms with Gasteiger partial charge in [-0.15, -0.1) is 5.10 Å². The van der Waals surface area contributed by atoms with E-state index in [-0.39, 0.29) is 5.82 Å². The molecule has 3 rings (SSSR count). The van der Waals surface area contributed by atoms with Crippen LogP contribution in [0.5, 0.6) is 5.75 Å². The molecule has 0 atom stereocenters. The number of thioether (sulfide) groups is 1. The van der Waals surface area contributed by atoms with E-state index in [1.54, 1.807) is 12.1 Å². The smallest absolute Gasteiger partial charge is 0.208 e. The van der Waals surface area contributed by atoms with Crippen LogP contribution in [-0.2, 0) is 12.4 Å². The highest BCUT2D eigenvalue weighted by Gasteiger charge is 2.05. The van der Waals surface area contributed by atoms with Crippen molar-refractivity contribution in [1.29, 1.82) is 0 Å². The van der Waals surface area contributed by atoms with Crippen molar-refractivity contribution in [1.82, 2.24) is 15.2 Å². The minimum atomic E-state index is -0.230. The lowest BCUT2D eigenvalue weighted by atomic mass is 10.2. The normalized spacial score (nSPS) is 10.6. The number of H-pyrrole nitrogens is 1. The van der Waals surface area contributed by atoms with Crippen molar-refractivity contribution >= 4 is 11.8 Å². The van der Waals surface area contributed by atoms with Crippen molar-refractivity contribution in [3.8, 4) is 5.75 Å². The van der Waals surface area contributed by atoms with E-state index in [4.69, 9.17) is 4.74 Å². The predicted molar refractivity (Wildman–Crippen MR) is 83.1 cm³/mol. The zero-order valence-electron chi connectivity index (χ0n) is 11.7. The first-order valence-corrected chi connectivity index (χ1v) is 7.74. The third kappa shape index (κ3) is 4.08. The maximum Gasteiger partial charge on any atom is 0.208 e. The van der Waals surface area contributed by atoms with Gasteiger partial charge in [-0.05, 0) is 29.8 Å².